The highest BCUT2D eigenvalue weighted by Gasteiger charge is 2.24. The van der Waals surface area contributed by atoms with E-state index < -0.39 is 0 Å². The van der Waals surface area contributed by atoms with Crippen molar-refractivity contribution in [1.82, 2.24) is 15.2 Å². The van der Waals surface area contributed by atoms with Crippen molar-refractivity contribution in [2.45, 2.75) is 58.5 Å². The zero-order valence-electron chi connectivity index (χ0n) is 22.9. The number of rotatable bonds is 8. The van der Waals surface area contributed by atoms with Crippen LogP contribution in [0.15, 0.2) is 85.1 Å². The second-order valence-electron chi connectivity index (χ2n) is 10.9. The van der Waals surface area contributed by atoms with Gasteiger partial charge in [-0.15, -0.1) is 0 Å². The highest BCUT2D eigenvalue weighted by molar-refractivity contribution is 5.94. The number of aryl methyl sites for hydroxylation is 1. The maximum atomic E-state index is 12.9. The Morgan fingerprint density at radius 2 is 1.68 bits per heavy atom. The zero-order valence-corrected chi connectivity index (χ0v) is 22.9. The number of likely N-dealkylation sites (tertiary alicyclic amines) is 1. The largest absolute Gasteiger partial charge is 0.345 e. The van der Waals surface area contributed by atoms with E-state index in [1.807, 2.05) is 24.4 Å². The molecule has 0 radical (unpaired) electrons. The topological polar surface area (TPSA) is 45.2 Å². The average Bonchev–Trinajstić information content (AvgIpc) is 2.96. The number of carbonyl (C=O) groups excluding carboxylic acids is 1. The number of hydrogen-bond acceptors (Lipinski definition) is 3. The number of piperidine rings is 1. The van der Waals surface area contributed by atoms with E-state index in [2.05, 4.69) is 96.6 Å². The first-order valence-corrected chi connectivity index (χ1v) is 14.0. The molecule has 1 fully saturated rings. The molecule has 1 saturated heterocycles. The molecule has 196 valence electrons. The summed E-state index contributed by atoms with van der Waals surface area (Å²) in [5, 5.41) is 4.42. The molecule has 4 aromatic rings. The summed E-state index contributed by atoms with van der Waals surface area (Å²) in [6.45, 7) is 8.76. The number of pyridine rings is 1. The van der Waals surface area contributed by atoms with Crippen LogP contribution in [0.25, 0.3) is 10.9 Å². The minimum absolute atomic E-state index is 0.00394. The summed E-state index contributed by atoms with van der Waals surface area (Å²) in [5.41, 5.74) is 6.86. The Morgan fingerprint density at radius 3 is 2.39 bits per heavy atom. The number of hydrogen-bond donors (Lipinski definition) is 1. The lowest BCUT2D eigenvalue weighted by molar-refractivity contribution is 0.0935. The van der Waals surface area contributed by atoms with Gasteiger partial charge in [0.25, 0.3) is 5.91 Å². The van der Waals surface area contributed by atoms with Gasteiger partial charge in [0.2, 0.25) is 0 Å². The maximum Gasteiger partial charge on any atom is 0.251 e. The first-order chi connectivity index (χ1) is 18.5. The highest BCUT2D eigenvalue weighted by Crippen LogP contribution is 2.30. The Bertz CT molecular complexity index is 1350. The van der Waals surface area contributed by atoms with E-state index in [4.69, 9.17) is 0 Å². The van der Waals surface area contributed by atoms with Crippen LogP contribution in [0.4, 0.5) is 0 Å². The van der Waals surface area contributed by atoms with Crippen LogP contribution in [0.5, 0.6) is 0 Å². The van der Waals surface area contributed by atoms with Crippen LogP contribution >= 0.6 is 0 Å². The molecule has 38 heavy (non-hydrogen) atoms. The van der Waals surface area contributed by atoms with Gasteiger partial charge in [-0.3, -0.25) is 14.7 Å². The van der Waals surface area contributed by atoms with E-state index in [1.54, 1.807) is 0 Å². The summed E-state index contributed by atoms with van der Waals surface area (Å²) in [4.78, 5) is 20.0. The van der Waals surface area contributed by atoms with Crippen molar-refractivity contribution >= 4 is 16.8 Å². The Labute approximate surface area is 227 Å². The summed E-state index contributed by atoms with van der Waals surface area (Å²) in [6, 6.07) is 27.9. The van der Waals surface area contributed by atoms with Crippen molar-refractivity contribution in [3.8, 4) is 0 Å². The monoisotopic (exact) mass is 505 g/mol. The number of benzene rings is 3. The van der Waals surface area contributed by atoms with Gasteiger partial charge in [-0.05, 0) is 106 Å². The van der Waals surface area contributed by atoms with Crippen molar-refractivity contribution in [2.24, 2.45) is 5.92 Å². The molecule has 0 aliphatic carbocycles. The van der Waals surface area contributed by atoms with Crippen molar-refractivity contribution in [2.75, 3.05) is 13.1 Å². The molecule has 3 aromatic carbocycles. The fourth-order valence-corrected chi connectivity index (χ4v) is 5.70. The molecule has 4 nitrogen and oxygen atoms in total. The molecule has 1 N–H and O–H groups in total. The number of fused-ring (bicyclic) bond motifs is 1. The summed E-state index contributed by atoms with van der Waals surface area (Å²) in [6.07, 6.45) is 6.20. The molecule has 1 aliphatic heterocycles. The standard InChI is InChI=1S/C34H39N3O/c1-4-32(28-11-7-24(2)8-12-28)36-34(38)29-13-9-26(10-14-29)22-27-17-20-37(21-18-27)25(3)30-15-16-33-31(23-30)6-5-19-35-33/h5-16,19,23,25,27,32H,4,17-18,20-22H2,1-3H3,(H,36,38)/t25?,32-/m1/s1. The lowest BCUT2D eigenvalue weighted by Crippen LogP contribution is -2.36. The number of carbonyl (C=O) groups is 1. The van der Waals surface area contributed by atoms with Gasteiger partial charge in [0, 0.05) is 23.2 Å². The van der Waals surface area contributed by atoms with Gasteiger partial charge in [0.1, 0.15) is 0 Å². The molecule has 2 heterocycles. The molecule has 1 aliphatic rings. The van der Waals surface area contributed by atoms with Crippen molar-refractivity contribution in [1.29, 1.82) is 0 Å². The number of aromatic nitrogens is 1. The van der Waals surface area contributed by atoms with Crippen LogP contribution in [0, 0.1) is 12.8 Å². The van der Waals surface area contributed by atoms with Gasteiger partial charge in [-0.1, -0.05) is 61.0 Å². The molecule has 2 atom stereocenters. The van der Waals surface area contributed by atoms with E-state index >= 15 is 0 Å². The lowest BCUT2D eigenvalue weighted by Gasteiger charge is -2.36. The molecule has 1 amide bonds. The highest BCUT2D eigenvalue weighted by atomic mass is 16.1. The molecule has 5 rings (SSSR count). The predicted octanol–water partition coefficient (Wildman–Crippen LogP) is 7.44. The van der Waals surface area contributed by atoms with Crippen LogP contribution in [0.2, 0.25) is 0 Å². The van der Waals surface area contributed by atoms with Crippen molar-refractivity contribution < 1.29 is 4.79 Å². The minimum Gasteiger partial charge on any atom is -0.345 e. The van der Waals surface area contributed by atoms with Crippen LogP contribution in [-0.2, 0) is 6.42 Å². The first kappa shape index (κ1) is 26.1. The van der Waals surface area contributed by atoms with E-state index in [1.165, 1.54) is 34.9 Å². The van der Waals surface area contributed by atoms with E-state index in [9.17, 15) is 4.79 Å². The molecule has 0 saturated carbocycles. The SMILES string of the molecule is CC[C@@H](NC(=O)c1ccc(CC2CCN(C(C)c3ccc4ncccc4c3)CC2)cc1)c1ccc(C)cc1. The number of nitrogens with one attached hydrogen (secondary N) is 1. The first-order valence-electron chi connectivity index (χ1n) is 14.0. The van der Waals surface area contributed by atoms with Gasteiger partial charge in [0.05, 0.1) is 11.6 Å². The second kappa shape index (κ2) is 11.9. The predicted molar refractivity (Wildman–Crippen MR) is 156 cm³/mol. The second-order valence-corrected chi connectivity index (χ2v) is 10.9. The van der Waals surface area contributed by atoms with E-state index in [0.29, 0.717) is 12.0 Å². The van der Waals surface area contributed by atoms with E-state index in [0.717, 1.165) is 42.6 Å². The molecular weight excluding hydrogens is 466 g/mol. The number of nitrogens with zero attached hydrogens (tertiary/aromatic N) is 2. The van der Waals surface area contributed by atoms with Crippen LogP contribution in [0.1, 0.15) is 77.8 Å². The molecule has 1 aromatic heterocycles. The van der Waals surface area contributed by atoms with Gasteiger partial charge < -0.3 is 5.32 Å². The lowest BCUT2D eigenvalue weighted by atomic mass is 9.89. The van der Waals surface area contributed by atoms with Gasteiger partial charge in [-0.2, -0.15) is 0 Å². The van der Waals surface area contributed by atoms with E-state index in [-0.39, 0.29) is 11.9 Å². The summed E-state index contributed by atoms with van der Waals surface area (Å²) < 4.78 is 0. The smallest absolute Gasteiger partial charge is 0.251 e. The van der Waals surface area contributed by atoms with Crippen LogP contribution in [0.3, 0.4) is 0 Å². The maximum absolute atomic E-state index is 12.9. The fourth-order valence-electron chi connectivity index (χ4n) is 5.70. The normalized spacial score (nSPS) is 16.3. The van der Waals surface area contributed by atoms with Crippen LogP contribution < -0.4 is 5.32 Å². The Kier molecular flexibility index (Phi) is 8.19. The Morgan fingerprint density at radius 1 is 0.974 bits per heavy atom. The third kappa shape index (κ3) is 6.14. The van der Waals surface area contributed by atoms with Crippen molar-refractivity contribution in [3.63, 3.8) is 0 Å². The van der Waals surface area contributed by atoms with Gasteiger partial charge >= 0.3 is 0 Å². The van der Waals surface area contributed by atoms with Crippen LogP contribution in [-0.4, -0.2) is 28.9 Å². The number of amides is 1. The summed E-state index contributed by atoms with van der Waals surface area (Å²) in [7, 11) is 0. The molecule has 1 unspecified atom stereocenters. The molecule has 0 bridgehead atoms. The quantitative estimate of drug-likeness (QED) is 0.271. The third-order valence-corrected chi connectivity index (χ3v) is 8.24. The molecule has 4 heteroatoms. The average molecular weight is 506 g/mol. The Hall–Kier alpha value is -3.50. The zero-order chi connectivity index (χ0) is 26.5. The Balaban J connectivity index is 1.13. The fraction of sp³-hybridized carbons (Fsp3) is 0.353. The minimum atomic E-state index is -0.00394. The third-order valence-electron chi connectivity index (χ3n) is 8.24. The summed E-state index contributed by atoms with van der Waals surface area (Å²) >= 11 is 0. The van der Waals surface area contributed by atoms with Gasteiger partial charge in [0.15, 0.2) is 0 Å². The van der Waals surface area contributed by atoms with Gasteiger partial charge in [-0.25, -0.2) is 0 Å². The molecule has 0 spiro atoms. The van der Waals surface area contributed by atoms with Crippen molar-refractivity contribution in [3.05, 3.63) is 113 Å². The summed E-state index contributed by atoms with van der Waals surface area (Å²) in [5.74, 6) is 0.681. The molecular formula is C34H39N3O.